The third-order valence-corrected chi connectivity index (χ3v) is 2.63. The number of hydrogen-bond acceptors (Lipinski definition) is 2. The van der Waals surface area contributed by atoms with E-state index in [1.807, 2.05) is 20.8 Å². The molecule has 0 aliphatic rings. The van der Waals surface area contributed by atoms with E-state index in [9.17, 15) is 8.78 Å². The van der Waals surface area contributed by atoms with Crippen LogP contribution in [0.15, 0.2) is 24.4 Å². The molecule has 0 unspecified atom stereocenters. The minimum Gasteiger partial charge on any atom is -0.396 e. The van der Waals surface area contributed by atoms with Gasteiger partial charge >= 0.3 is 0 Å². The molecule has 0 aliphatic heterocycles. The van der Waals surface area contributed by atoms with Crippen LogP contribution in [0, 0.1) is 11.6 Å². The van der Waals surface area contributed by atoms with Crippen molar-refractivity contribution in [1.29, 1.82) is 0 Å². The van der Waals surface area contributed by atoms with E-state index in [1.54, 1.807) is 10.9 Å². The maximum Gasteiger partial charge on any atom is 0.135 e. The Morgan fingerprint density at radius 3 is 2.17 bits per heavy atom. The van der Waals surface area contributed by atoms with E-state index in [1.165, 1.54) is 18.2 Å². The van der Waals surface area contributed by atoms with Crippen molar-refractivity contribution in [2.45, 2.75) is 26.3 Å². The fourth-order valence-electron chi connectivity index (χ4n) is 1.65. The van der Waals surface area contributed by atoms with Gasteiger partial charge in [0.25, 0.3) is 0 Å². The predicted octanol–water partition coefficient (Wildman–Crippen LogP) is 3.17. The molecule has 0 aliphatic carbocycles. The Morgan fingerprint density at radius 2 is 1.72 bits per heavy atom. The summed E-state index contributed by atoms with van der Waals surface area (Å²) in [5, 5.41) is 4.18. The van der Waals surface area contributed by atoms with Gasteiger partial charge in [0.2, 0.25) is 0 Å². The second-order valence-corrected chi connectivity index (χ2v) is 5.15. The fourth-order valence-corrected chi connectivity index (χ4v) is 1.65. The van der Waals surface area contributed by atoms with Crippen LogP contribution in [-0.2, 0) is 5.54 Å². The Hall–Kier alpha value is -1.91. The molecule has 0 atom stereocenters. The zero-order chi connectivity index (χ0) is 13.5. The number of nitrogens with zero attached hydrogens (tertiary/aromatic N) is 2. The number of benzene rings is 1. The van der Waals surface area contributed by atoms with Crippen LogP contribution in [0.3, 0.4) is 0 Å². The number of anilines is 1. The Morgan fingerprint density at radius 1 is 1.17 bits per heavy atom. The van der Waals surface area contributed by atoms with Gasteiger partial charge in [0, 0.05) is 6.20 Å². The third-order valence-electron chi connectivity index (χ3n) is 2.63. The third kappa shape index (κ3) is 2.08. The monoisotopic (exact) mass is 251 g/mol. The molecule has 18 heavy (non-hydrogen) atoms. The molecule has 0 fully saturated rings. The van der Waals surface area contributed by atoms with Crippen molar-refractivity contribution in [3.8, 4) is 11.3 Å². The fraction of sp³-hybridized carbons (Fsp3) is 0.308. The van der Waals surface area contributed by atoms with Crippen LogP contribution < -0.4 is 5.73 Å². The van der Waals surface area contributed by atoms with Crippen LogP contribution in [-0.4, -0.2) is 9.78 Å². The Kier molecular flexibility index (Phi) is 2.84. The Bertz CT molecular complexity index is 562. The lowest BCUT2D eigenvalue weighted by molar-refractivity contribution is 0.356. The molecule has 2 aromatic rings. The first-order chi connectivity index (χ1) is 8.30. The van der Waals surface area contributed by atoms with Gasteiger partial charge in [-0.1, -0.05) is 6.07 Å². The molecule has 1 heterocycles. The van der Waals surface area contributed by atoms with E-state index in [-0.39, 0.29) is 22.5 Å². The standard InChI is InChI=1S/C13H15F2N3/c1-13(2,3)18-7-10(16)12(17-18)11-8(14)5-4-6-9(11)15/h4-7H,16H2,1-3H3. The highest BCUT2D eigenvalue weighted by atomic mass is 19.1. The maximum atomic E-state index is 13.7. The van der Waals surface area contributed by atoms with Gasteiger partial charge in [-0.25, -0.2) is 8.78 Å². The summed E-state index contributed by atoms with van der Waals surface area (Å²) in [4.78, 5) is 0. The number of rotatable bonds is 1. The molecule has 0 amide bonds. The molecule has 0 bridgehead atoms. The maximum absolute atomic E-state index is 13.7. The van der Waals surface area contributed by atoms with Gasteiger partial charge in [0.1, 0.15) is 17.3 Å². The summed E-state index contributed by atoms with van der Waals surface area (Å²) < 4.78 is 29.0. The van der Waals surface area contributed by atoms with Crippen molar-refractivity contribution in [2.75, 3.05) is 5.73 Å². The second kappa shape index (κ2) is 4.08. The molecule has 2 N–H and O–H groups in total. The minimum atomic E-state index is -0.666. The number of aromatic nitrogens is 2. The van der Waals surface area contributed by atoms with Crippen molar-refractivity contribution >= 4 is 5.69 Å². The summed E-state index contributed by atoms with van der Waals surface area (Å²) in [6, 6.07) is 3.69. The van der Waals surface area contributed by atoms with Crippen LogP contribution >= 0.6 is 0 Å². The average Bonchev–Trinajstić information content (AvgIpc) is 2.60. The lowest BCUT2D eigenvalue weighted by Gasteiger charge is -2.18. The quantitative estimate of drug-likeness (QED) is 0.846. The first-order valence-electron chi connectivity index (χ1n) is 5.60. The molecule has 0 saturated carbocycles. The molecule has 2 rings (SSSR count). The highest BCUT2D eigenvalue weighted by Crippen LogP contribution is 2.30. The minimum absolute atomic E-state index is 0.139. The second-order valence-electron chi connectivity index (χ2n) is 5.15. The summed E-state index contributed by atoms with van der Waals surface area (Å²) >= 11 is 0. The van der Waals surface area contributed by atoms with Gasteiger partial charge in [0.15, 0.2) is 0 Å². The van der Waals surface area contributed by atoms with Crippen molar-refractivity contribution in [1.82, 2.24) is 9.78 Å². The van der Waals surface area contributed by atoms with Gasteiger partial charge in [-0.3, -0.25) is 4.68 Å². The van der Waals surface area contributed by atoms with Gasteiger partial charge in [0.05, 0.1) is 16.8 Å². The highest BCUT2D eigenvalue weighted by molar-refractivity contribution is 5.72. The van der Waals surface area contributed by atoms with Gasteiger partial charge in [-0.2, -0.15) is 5.10 Å². The number of halogens is 2. The van der Waals surface area contributed by atoms with Crippen LogP contribution in [0.4, 0.5) is 14.5 Å². The summed E-state index contributed by atoms with van der Waals surface area (Å²) in [6.45, 7) is 5.79. The van der Waals surface area contributed by atoms with E-state index in [4.69, 9.17) is 5.73 Å². The SMILES string of the molecule is CC(C)(C)n1cc(N)c(-c2c(F)cccc2F)n1. The normalized spacial score (nSPS) is 11.8. The molecule has 1 aromatic heterocycles. The van der Waals surface area contributed by atoms with Crippen LogP contribution in [0.5, 0.6) is 0 Å². The number of hydrogen-bond donors (Lipinski definition) is 1. The molecule has 0 radical (unpaired) electrons. The highest BCUT2D eigenvalue weighted by Gasteiger charge is 2.21. The van der Waals surface area contributed by atoms with Gasteiger partial charge < -0.3 is 5.73 Å². The summed E-state index contributed by atoms with van der Waals surface area (Å²) in [7, 11) is 0. The zero-order valence-electron chi connectivity index (χ0n) is 10.5. The largest absolute Gasteiger partial charge is 0.396 e. The Labute approximate surface area is 104 Å². The van der Waals surface area contributed by atoms with E-state index >= 15 is 0 Å². The molecule has 0 saturated heterocycles. The first kappa shape index (κ1) is 12.5. The summed E-state index contributed by atoms with van der Waals surface area (Å²) in [6.07, 6.45) is 1.58. The van der Waals surface area contributed by atoms with Crippen molar-refractivity contribution in [3.05, 3.63) is 36.0 Å². The lowest BCUT2D eigenvalue weighted by Crippen LogP contribution is -2.22. The lowest BCUT2D eigenvalue weighted by atomic mass is 10.1. The topological polar surface area (TPSA) is 43.8 Å². The van der Waals surface area contributed by atoms with E-state index in [2.05, 4.69) is 5.10 Å². The summed E-state index contributed by atoms with van der Waals surface area (Å²) in [5.41, 5.74) is 5.71. The Balaban J connectivity index is 2.62. The molecule has 1 aromatic carbocycles. The van der Waals surface area contributed by atoms with Crippen LogP contribution in [0.1, 0.15) is 20.8 Å². The van der Waals surface area contributed by atoms with E-state index < -0.39 is 11.6 Å². The number of nitrogen functional groups attached to an aromatic ring is 1. The van der Waals surface area contributed by atoms with Crippen LogP contribution in [0.2, 0.25) is 0 Å². The van der Waals surface area contributed by atoms with Crippen molar-refractivity contribution < 1.29 is 8.78 Å². The van der Waals surface area contributed by atoms with E-state index in [0.717, 1.165) is 0 Å². The predicted molar refractivity (Wildman–Crippen MR) is 67.0 cm³/mol. The molecular formula is C13H15F2N3. The summed E-state index contributed by atoms with van der Waals surface area (Å²) in [5.74, 6) is -1.33. The average molecular weight is 251 g/mol. The zero-order valence-corrected chi connectivity index (χ0v) is 10.5. The van der Waals surface area contributed by atoms with Gasteiger partial charge in [-0.05, 0) is 32.9 Å². The molecule has 0 spiro atoms. The van der Waals surface area contributed by atoms with Crippen molar-refractivity contribution in [2.24, 2.45) is 0 Å². The molecule has 96 valence electrons. The van der Waals surface area contributed by atoms with Crippen molar-refractivity contribution in [3.63, 3.8) is 0 Å². The first-order valence-corrected chi connectivity index (χ1v) is 5.60. The van der Waals surface area contributed by atoms with E-state index in [0.29, 0.717) is 0 Å². The molecular weight excluding hydrogens is 236 g/mol. The van der Waals surface area contributed by atoms with Gasteiger partial charge in [-0.15, -0.1) is 0 Å². The number of nitrogens with two attached hydrogens (primary N) is 1. The van der Waals surface area contributed by atoms with Crippen LogP contribution in [0.25, 0.3) is 11.3 Å². The smallest absolute Gasteiger partial charge is 0.135 e. The molecule has 5 heteroatoms. The molecule has 3 nitrogen and oxygen atoms in total.